The highest BCUT2D eigenvalue weighted by atomic mass is 32.1. The normalized spacial score (nSPS) is 14.1. The number of hydrogen-bond donors (Lipinski definition) is 2. The van der Waals surface area contributed by atoms with E-state index >= 15 is 0 Å². The van der Waals surface area contributed by atoms with E-state index in [1.54, 1.807) is 10.4 Å². The number of carbonyl (C=O) groups excluding carboxylic acids is 1. The first-order valence-corrected chi connectivity index (χ1v) is 7.24. The van der Waals surface area contributed by atoms with Crippen LogP contribution in [-0.2, 0) is 11.2 Å². The van der Waals surface area contributed by atoms with Crippen molar-refractivity contribution in [2.45, 2.75) is 31.7 Å². The molecule has 1 aliphatic rings. The van der Waals surface area contributed by atoms with Gasteiger partial charge in [0.05, 0.1) is 17.6 Å². The zero-order valence-corrected chi connectivity index (χ0v) is 11.4. The van der Waals surface area contributed by atoms with Crippen molar-refractivity contribution in [2.75, 3.05) is 13.1 Å². The van der Waals surface area contributed by atoms with E-state index in [-0.39, 0.29) is 25.0 Å². The highest BCUT2D eigenvalue weighted by Gasteiger charge is 2.32. The summed E-state index contributed by atoms with van der Waals surface area (Å²) in [5.41, 5.74) is 2.73. The van der Waals surface area contributed by atoms with Crippen LogP contribution in [0.5, 0.6) is 0 Å². The molecule has 1 saturated carbocycles. The maximum atomic E-state index is 12.0. The van der Waals surface area contributed by atoms with E-state index in [1.807, 2.05) is 5.38 Å². The van der Waals surface area contributed by atoms with Gasteiger partial charge in [0.2, 0.25) is 0 Å². The summed E-state index contributed by atoms with van der Waals surface area (Å²) in [6.45, 7) is 0.807. The summed E-state index contributed by atoms with van der Waals surface area (Å²) in [6, 6.07) is 0.0533. The van der Waals surface area contributed by atoms with Gasteiger partial charge in [-0.3, -0.25) is 4.79 Å². The fourth-order valence-corrected chi connectivity index (χ4v) is 2.41. The first-order valence-electron chi connectivity index (χ1n) is 6.30. The van der Waals surface area contributed by atoms with Gasteiger partial charge in [-0.25, -0.2) is 9.78 Å². The Bertz CT molecular complexity index is 431. The Kier molecular flexibility index (Phi) is 4.73. The van der Waals surface area contributed by atoms with Gasteiger partial charge in [-0.2, -0.15) is 0 Å². The molecule has 2 amide bonds. The van der Waals surface area contributed by atoms with Crippen LogP contribution in [0.15, 0.2) is 10.9 Å². The maximum absolute atomic E-state index is 12.0. The zero-order chi connectivity index (χ0) is 13.7. The molecule has 1 fully saturated rings. The molecule has 104 valence electrons. The van der Waals surface area contributed by atoms with Gasteiger partial charge in [0, 0.05) is 30.9 Å². The molecule has 0 atom stereocenters. The average molecular weight is 283 g/mol. The Balaban J connectivity index is 1.74. The largest absolute Gasteiger partial charge is 0.481 e. The van der Waals surface area contributed by atoms with Crippen LogP contribution in [0.2, 0.25) is 0 Å². The summed E-state index contributed by atoms with van der Waals surface area (Å²) in [5, 5.41) is 13.5. The minimum Gasteiger partial charge on any atom is -0.481 e. The predicted molar refractivity (Wildman–Crippen MR) is 71.2 cm³/mol. The molecule has 0 unspecified atom stereocenters. The molecule has 2 rings (SSSR count). The number of aromatic nitrogens is 1. The number of carboxylic acids is 1. The Morgan fingerprint density at radius 1 is 1.53 bits per heavy atom. The number of carboxylic acid groups (broad SMARTS) is 1. The van der Waals surface area contributed by atoms with Crippen molar-refractivity contribution in [3.8, 4) is 0 Å². The monoisotopic (exact) mass is 283 g/mol. The summed E-state index contributed by atoms with van der Waals surface area (Å²) < 4.78 is 0. The quantitative estimate of drug-likeness (QED) is 0.791. The Labute approximate surface area is 115 Å². The molecule has 0 bridgehead atoms. The van der Waals surface area contributed by atoms with E-state index in [0.717, 1.165) is 18.5 Å². The number of thiazole rings is 1. The number of nitrogens with one attached hydrogen (secondary N) is 1. The third kappa shape index (κ3) is 4.51. The van der Waals surface area contributed by atoms with Crippen LogP contribution in [0.1, 0.15) is 25.0 Å². The molecule has 1 aromatic rings. The summed E-state index contributed by atoms with van der Waals surface area (Å²) >= 11 is 1.53. The van der Waals surface area contributed by atoms with Crippen LogP contribution < -0.4 is 5.32 Å². The van der Waals surface area contributed by atoms with Crippen LogP contribution in [0, 0.1) is 0 Å². The maximum Gasteiger partial charge on any atom is 0.317 e. The number of amides is 2. The highest BCUT2D eigenvalue weighted by molar-refractivity contribution is 7.07. The molecule has 0 saturated heterocycles. The van der Waals surface area contributed by atoms with Crippen molar-refractivity contribution in [3.05, 3.63) is 16.6 Å². The SMILES string of the molecule is O=C(O)CCN(C(=O)NCCc1cscn1)C1CC1. The van der Waals surface area contributed by atoms with Gasteiger partial charge < -0.3 is 15.3 Å². The number of aliphatic carboxylic acids is 1. The molecule has 1 aliphatic carbocycles. The van der Waals surface area contributed by atoms with E-state index in [9.17, 15) is 9.59 Å². The lowest BCUT2D eigenvalue weighted by Crippen LogP contribution is -2.43. The van der Waals surface area contributed by atoms with Crippen molar-refractivity contribution < 1.29 is 14.7 Å². The smallest absolute Gasteiger partial charge is 0.317 e. The Hall–Kier alpha value is -1.63. The Morgan fingerprint density at radius 3 is 2.89 bits per heavy atom. The van der Waals surface area contributed by atoms with Crippen molar-refractivity contribution in [3.63, 3.8) is 0 Å². The topological polar surface area (TPSA) is 82.5 Å². The van der Waals surface area contributed by atoms with Crippen molar-refractivity contribution in [1.82, 2.24) is 15.2 Å². The second kappa shape index (κ2) is 6.51. The predicted octanol–water partition coefficient (Wildman–Crippen LogP) is 1.33. The third-order valence-electron chi connectivity index (χ3n) is 2.96. The van der Waals surface area contributed by atoms with E-state index in [2.05, 4.69) is 10.3 Å². The van der Waals surface area contributed by atoms with Crippen LogP contribution in [0.25, 0.3) is 0 Å². The van der Waals surface area contributed by atoms with Crippen molar-refractivity contribution in [1.29, 1.82) is 0 Å². The molecule has 0 spiro atoms. The van der Waals surface area contributed by atoms with Gasteiger partial charge in [-0.1, -0.05) is 0 Å². The number of nitrogens with zero attached hydrogens (tertiary/aromatic N) is 2. The fraction of sp³-hybridized carbons (Fsp3) is 0.583. The molecule has 0 radical (unpaired) electrons. The fourth-order valence-electron chi connectivity index (χ4n) is 1.81. The minimum atomic E-state index is -0.874. The lowest BCUT2D eigenvalue weighted by Gasteiger charge is -2.21. The number of rotatable bonds is 7. The van der Waals surface area contributed by atoms with Gasteiger partial charge in [-0.05, 0) is 12.8 Å². The highest BCUT2D eigenvalue weighted by Crippen LogP contribution is 2.26. The zero-order valence-electron chi connectivity index (χ0n) is 10.5. The lowest BCUT2D eigenvalue weighted by molar-refractivity contribution is -0.137. The Morgan fingerprint density at radius 2 is 2.32 bits per heavy atom. The number of urea groups is 1. The molecular weight excluding hydrogens is 266 g/mol. The summed E-state index contributed by atoms with van der Waals surface area (Å²) in [5.74, 6) is -0.874. The molecule has 0 aliphatic heterocycles. The van der Waals surface area contributed by atoms with Gasteiger partial charge in [0.1, 0.15) is 0 Å². The summed E-state index contributed by atoms with van der Waals surface area (Å²) in [4.78, 5) is 28.3. The van der Waals surface area contributed by atoms with Crippen molar-refractivity contribution >= 4 is 23.3 Å². The van der Waals surface area contributed by atoms with Crippen LogP contribution in [0.3, 0.4) is 0 Å². The van der Waals surface area contributed by atoms with E-state index < -0.39 is 5.97 Å². The molecule has 1 aromatic heterocycles. The van der Waals surface area contributed by atoms with Gasteiger partial charge >= 0.3 is 12.0 Å². The first kappa shape index (κ1) is 13.8. The molecular formula is C12H17N3O3S. The second-order valence-electron chi connectivity index (χ2n) is 4.53. The van der Waals surface area contributed by atoms with Crippen molar-refractivity contribution in [2.24, 2.45) is 0 Å². The second-order valence-corrected chi connectivity index (χ2v) is 5.25. The average Bonchev–Trinajstić information content (AvgIpc) is 3.06. The molecule has 6 nitrogen and oxygen atoms in total. The summed E-state index contributed by atoms with van der Waals surface area (Å²) in [7, 11) is 0. The minimum absolute atomic E-state index is 0.00396. The van der Waals surface area contributed by atoms with Gasteiger partial charge in [0.15, 0.2) is 0 Å². The lowest BCUT2D eigenvalue weighted by atomic mass is 10.3. The van der Waals surface area contributed by atoms with Crippen LogP contribution in [0.4, 0.5) is 4.79 Å². The summed E-state index contributed by atoms with van der Waals surface area (Å²) in [6.07, 6.45) is 2.64. The van der Waals surface area contributed by atoms with E-state index in [4.69, 9.17) is 5.11 Å². The third-order valence-corrected chi connectivity index (χ3v) is 3.59. The van der Waals surface area contributed by atoms with E-state index in [1.165, 1.54) is 11.3 Å². The van der Waals surface area contributed by atoms with Gasteiger partial charge in [-0.15, -0.1) is 11.3 Å². The number of carbonyl (C=O) groups is 2. The molecule has 1 heterocycles. The molecule has 0 aromatic carbocycles. The molecule has 2 N–H and O–H groups in total. The molecule has 19 heavy (non-hydrogen) atoms. The van der Waals surface area contributed by atoms with E-state index in [0.29, 0.717) is 13.0 Å². The van der Waals surface area contributed by atoms with Crippen LogP contribution >= 0.6 is 11.3 Å². The molecule has 7 heteroatoms. The van der Waals surface area contributed by atoms with Crippen LogP contribution in [-0.4, -0.2) is 46.1 Å². The standard InChI is InChI=1S/C12H17N3O3S/c16-11(17)4-6-15(10-1-2-10)12(18)13-5-3-9-7-19-8-14-9/h7-8,10H,1-6H2,(H,13,18)(H,16,17). The first-order chi connectivity index (χ1) is 9.16. The number of hydrogen-bond acceptors (Lipinski definition) is 4. The van der Waals surface area contributed by atoms with Gasteiger partial charge in [0.25, 0.3) is 0 Å².